The van der Waals surface area contributed by atoms with Gasteiger partial charge in [-0.05, 0) is 18.9 Å². The Morgan fingerprint density at radius 3 is 3.05 bits per heavy atom. The molecule has 1 aromatic rings. The summed E-state index contributed by atoms with van der Waals surface area (Å²) in [5, 5.41) is 10.4. The van der Waals surface area contributed by atoms with Crippen molar-refractivity contribution >= 4 is 23.2 Å². The van der Waals surface area contributed by atoms with Crippen molar-refractivity contribution < 1.29 is 14.7 Å². The van der Waals surface area contributed by atoms with Crippen LogP contribution in [0, 0.1) is 11.8 Å². The molecular formula is C14H16N2O3S. The van der Waals surface area contributed by atoms with E-state index in [1.54, 1.807) is 11.4 Å². The molecule has 5 nitrogen and oxygen atoms in total. The van der Waals surface area contributed by atoms with Gasteiger partial charge in [-0.25, -0.2) is 0 Å². The Labute approximate surface area is 121 Å². The SMILES string of the molecule is NC(=O)C1CCCN1C(=O)c1csc(C#CCCO)c1. The third kappa shape index (κ3) is 3.18. The van der Waals surface area contributed by atoms with E-state index in [9.17, 15) is 9.59 Å². The molecule has 1 saturated heterocycles. The van der Waals surface area contributed by atoms with E-state index in [1.807, 2.05) is 0 Å². The van der Waals surface area contributed by atoms with Crippen molar-refractivity contribution in [1.29, 1.82) is 0 Å². The molecule has 0 spiro atoms. The minimum atomic E-state index is -0.494. The lowest BCUT2D eigenvalue weighted by Crippen LogP contribution is -2.43. The Morgan fingerprint density at radius 2 is 2.35 bits per heavy atom. The molecule has 1 fully saturated rings. The van der Waals surface area contributed by atoms with Gasteiger partial charge in [0.1, 0.15) is 6.04 Å². The minimum Gasteiger partial charge on any atom is -0.395 e. The van der Waals surface area contributed by atoms with Crippen molar-refractivity contribution in [2.75, 3.05) is 13.2 Å². The molecule has 1 aromatic heterocycles. The molecule has 6 heteroatoms. The quantitative estimate of drug-likeness (QED) is 0.799. The van der Waals surface area contributed by atoms with E-state index >= 15 is 0 Å². The number of nitrogens with two attached hydrogens (primary N) is 1. The molecule has 2 heterocycles. The molecule has 2 amide bonds. The van der Waals surface area contributed by atoms with Crippen LogP contribution in [-0.4, -0.2) is 41.0 Å². The van der Waals surface area contributed by atoms with Crippen molar-refractivity contribution in [1.82, 2.24) is 4.90 Å². The third-order valence-corrected chi connectivity index (χ3v) is 3.98. The highest BCUT2D eigenvalue weighted by Crippen LogP contribution is 2.22. The van der Waals surface area contributed by atoms with Crippen LogP contribution in [0.3, 0.4) is 0 Å². The zero-order valence-corrected chi connectivity index (χ0v) is 11.8. The lowest BCUT2D eigenvalue weighted by Gasteiger charge is -2.21. The first-order valence-corrected chi connectivity index (χ1v) is 7.30. The molecule has 2 rings (SSSR count). The number of amides is 2. The second-order valence-electron chi connectivity index (χ2n) is 4.53. The summed E-state index contributed by atoms with van der Waals surface area (Å²) in [4.78, 5) is 26.0. The first-order valence-electron chi connectivity index (χ1n) is 6.42. The Balaban J connectivity index is 2.10. The van der Waals surface area contributed by atoms with Crippen LogP contribution in [-0.2, 0) is 4.79 Å². The van der Waals surface area contributed by atoms with Crippen LogP contribution in [0.2, 0.25) is 0 Å². The predicted molar refractivity (Wildman–Crippen MR) is 76.2 cm³/mol. The largest absolute Gasteiger partial charge is 0.395 e. The average molecular weight is 292 g/mol. The smallest absolute Gasteiger partial charge is 0.255 e. The number of aliphatic hydroxyl groups is 1. The fourth-order valence-corrected chi connectivity index (χ4v) is 2.94. The summed E-state index contributed by atoms with van der Waals surface area (Å²) in [6, 6.07) is 1.22. The molecule has 3 N–H and O–H groups in total. The highest BCUT2D eigenvalue weighted by atomic mass is 32.1. The van der Waals surface area contributed by atoms with Crippen LogP contribution in [0.5, 0.6) is 0 Å². The predicted octanol–water partition coefficient (Wildman–Crippen LogP) is 0.572. The number of aliphatic hydroxyl groups excluding tert-OH is 1. The summed E-state index contributed by atoms with van der Waals surface area (Å²) in [7, 11) is 0. The van der Waals surface area contributed by atoms with Gasteiger partial charge in [0.05, 0.1) is 17.0 Å². The van der Waals surface area contributed by atoms with Crippen LogP contribution in [0.15, 0.2) is 11.4 Å². The van der Waals surface area contributed by atoms with Crippen molar-refractivity contribution in [3.05, 3.63) is 21.9 Å². The van der Waals surface area contributed by atoms with Gasteiger partial charge in [-0.3, -0.25) is 9.59 Å². The van der Waals surface area contributed by atoms with E-state index in [0.29, 0.717) is 24.9 Å². The Bertz CT molecular complexity index is 570. The van der Waals surface area contributed by atoms with E-state index < -0.39 is 11.9 Å². The summed E-state index contributed by atoms with van der Waals surface area (Å²) in [5.74, 6) is 5.08. The van der Waals surface area contributed by atoms with Crippen molar-refractivity contribution in [3.8, 4) is 11.8 Å². The van der Waals surface area contributed by atoms with Crippen molar-refractivity contribution in [2.24, 2.45) is 5.73 Å². The standard InChI is InChI=1S/C14H16N2O3S/c15-13(18)12-5-3-6-16(12)14(19)10-8-11(20-9-10)4-1-2-7-17/h8-9,12,17H,2-3,5-7H2,(H2,15,18). The maximum atomic E-state index is 12.3. The van der Waals surface area contributed by atoms with Gasteiger partial charge < -0.3 is 15.7 Å². The van der Waals surface area contributed by atoms with Gasteiger partial charge in [0.25, 0.3) is 5.91 Å². The topological polar surface area (TPSA) is 83.6 Å². The number of hydrogen-bond donors (Lipinski definition) is 2. The summed E-state index contributed by atoms with van der Waals surface area (Å²) in [6.45, 7) is 0.589. The van der Waals surface area contributed by atoms with Crippen LogP contribution in [0.4, 0.5) is 0 Å². The van der Waals surface area contributed by atoms with Crippen LogP contribution in [0.25, 0.3) is 0 Å². The lowest BCUT2D eigenvalue weighted by atomic mass is 10.2. The van der Waals surface area contributed by atoms with E-state index in [-0.39, 0.29) is 12.5 Å². The number of carbonyl (C=O) groups is 2. The highest BCUT2D eigenvalue weighted by Gasteiger charge is 2.33. The summed E-state index contributed by atoms with van der Waals surface area (Å²) in [6.07, 6.45) is 1.85. The van der Waals surface area contributed by atoms with Gasteiger partial charge in [-0.1, -0.05) is 11.8 Å². The van der Waals surface area contributed by atoms with Gasteiger partial charge in [0, 0.05) is 18.3 Å². The van der Waals surface area contributed by atoms with Crippen LogP contribution >= 0.6 is 11.3 Å². The first-order chi connectivity index (χ1) is 9.63. The van der Waals surface area contributed by atoms with E-state index in [2.05, 4.69) is 11.8 Å². The lowest BCUT2D eigenvalue weighted by molar-refractivity contribution is -0.121. The van der Waals surface area contributed by atoms with Crippen molar-refractivity contribution in [3.63, 3.8) is 0 Å². The van der Waals surface area contributed by atoms with Gasteiger partial charge in [0.2, 0.25) is 5.91 Å². The zero-order chi connectivity index (χ0) is 14.5. The molecular weight excluding hydrogens is 276 g/mol. The summed E-state index contributed by atoms with van der Waals surface area (Å²) in [5.41, 5.74) is 5.85. The Kier molecular flexibility index (Phi) is 4.77. The fraction of sp³-hybridized carbons (Fsp3) is 0.429. The van der Waals surface area contributed by atoms with E-state index in [1.165, 1.54) is 16.2 Å². The minimum absolute atomic E-state index is 0.0260. The molecule has 1 atom stereocenters. The van der Waals surface area contributed by atoms with Crippen LogP contribution < -0.4 is 5.73 Å². The number of hydrogen-bond acceptors (Lipinski definition) is 4. The second-order valence-corrected chi connectivity index (χ2v) is 5.45. The Morgan fingerprint density at radius 1 is 1.55 bits per heavy atom. The third-order valence-electron chi connectivity index (χ3n) is 3.14. The number of nitrogens with zero attached hydrogens (tertiary/aromatic N) is 1. The molecule has 1 aliphatic heterocycles. The Hall–Kier alpha value is -1.84. The molecule has 1 unspecified atom stereocenters. The molecule has 0 aliphatic carbocycles. The second kappa shape index (κ2) is 6.55. The highest BCUT2D eigenvalue weighted by molar-refractivity contribution is 7.10. The number of carbonyl (C=O) groups excluding carboxylic acids is 2. The van der Waals surface area contributed by atoms with Gasteiger partial charge in [-0.15, -0.1) is 11.3 Å². The number of primary amides is 1. The molecule has 1 aliphatic rings. The van der Waals surface area contributed by atoms with Gasteiger partial charge in [-0.2, -0.15) is 0 Å². The molecule has 0 bridgehead atoms. The normalized spacial score (nSPS) is 17.6. The van der Waals surface area contributed by atoms with E-state index in [0.717, 1.165) is 11.3 Å². The molecule has 0 radical (unpaired) electrons. The monoisotopic (exact) mass is 292 g/mol. The van der Waals surface area contributed by atoms with Gasteiger partial charge in [0.15, 0.2) is 0 Å². The number of rotatable bonds is 3. The van der Waals surface area contributed by atoms with E-state index in [4.69, 9.17) is 10.8 Å². The maximum absolute atomic E-state index is 12.3. The summed E-state index contributed by atoms with van der Waals surface area (Å²) < 4.78 is 0. The zero-order valence-electron chi connectivity index (χ0n) is 11.0. The molecule has 0 saturated carbocycles. The fourth-order valence-electron chi connectivity index (χ4n) is 2.19. The molecule has 0 aromatic carbocycles. The van der Waals surface area contributed by atoms with Crippen molar-refractivity contribution in [2.45, 2.75) is 25.3 Å². The molecule has 20 heavy (non-hydrogen) atoms. The number of thiophene rings is 1. The van der Waals surface area contributed by atoms with Gasteiger partial charge >= 0.3 is 0 Å². The number of likely N-dealkylation sites (tertiary alicyclic amines) is 1. The maximum Gasteiger partial charge on any atom is 0.255 e. The molecule has 106 valence electrons. The van der Waals surface area contributed by atoms with Crippen LogP contribution in [0.1, 0.15) is 34.5 Å². The first kappa shape index (κ1) is 14.6. The summed E-state index contributed by atoms with van der Waals surface area (Å²) >= 11 is 1.38. The average Bonchev–Trinajstić information content (AvgIpc) is 3.07.